The number of carbonyl (C=O) groups is 4. The molecule has 0 aromatic heterocycles. The van der Waals surface area contributed by atoms with Crippen molar-refractivity contribution < 1.29 is 28.7 Å². The van der Waals surface area contributed by atoms with Gasteiger partial charge in [0, 0.05) is 20.3 Å². The maximum atomic E-state index is 12.4. The number of methoxy groups -OCH3 is 2. The molecule has 0 unspecified atom stereocenters. The first-order chi connectivity index (χ1) is 12.5. The lowest BCUT2D eigenvalue weighted by Gasteiger charge is -2.28. The molecule has 0 saturated carbocycles. The van der Waals surface area contributed by atoms with Gasteiger partial charge in [0.05, 0.1) is 7.11 Å². The van der Waals surface area contributed by atoms with Crippen LogP contribution in [0.5, 0.6) is 5.75 Å². The molecule has 1 atom stereocenters. The van der Waals surface area contributed by atoms with Crippen LogP contribution in [-0.2, 0) is 19.1 Å². The Kier molecular flexibility index (Phi) is 6.62. The van der Waals surface area contributed by atoms with E-state index in [2.05, 4.69) is 0 Å². The van der Waals surface area contributed by atoms with Crippen LogP contribution in [0.1, 0.15) is 12.0 Å². The van der Waals surface area contributed by atoms with Crippen molar-refractivity contribution in [3.8, 4) is 5.75 Å². The summed E-state index contributed by atoms with van der Waals surface area (Å²) in [6.45, 7) is 0.415. The minimum Gasteiger partial charge on any atom is -0.497 e. The molecule has 1 saturated heterocycles. The minimum atomic E-state index is -1.57. The molecule has 0 bridgehead atoms. The summed E-state index contributed by atoms with van der Waals surface area (Å²) in [5, 5.41) is 2.05. The van der Waals surface area contributed by atoms with Gasteiger partial charge in [-0.25, -0.2) is 4.79 Å². The van der Waals surface area contributed by atoms with Crippen molar-refractivity contribution >= 4 is 29.7 Å². The van der Waals surface area contributed by atoms with E-state index in [0.717, 1.165) is 11.0 Å². The zero-order chi connectivity index (χ0) is 19.1. The summed E-state index contributed by atoms with van der Waals surface area (Å²) in [6.07, 6.45) is 3.06. The molecule has 4 amide bonds. The summed E-state index contributed by atoms with van der Waals surface area (Å²) in [5.74, 6) is -3.32. The van der Waals surface area contributed by atoms with Crippen LogP contribution < -0.4 is 10.1 Å². The number of hydrogen-bond donors (Lipinski definition) is 1. The van der Waals surface area contributed by atoms with Crippen LogP contribution in [0.15, 0.2) is 30.3 Å². The van der Waals surface area contributed by atoms with Crippen LogP contribution >= 0.6 is 0 Å². The largest absolute Gasteiger partial charge is 0.497 e. The third-order valence-corrected chi connectivity index (χ3v) is 3.82. The van der Waals surface area contributed by atoms with Gasteiger partial charge in [0.1, 0.15) is 5.75 Å². The van der Waals surface area contributed by atoms with Crippen molar-refractivity contribution in [2.45, 2.75) is 6.42 Å². The van der Waals surface area contributed by atoms with Gasteiger partial charge in [-0.3, -0.25) is 24.6 Å². The standard InChI is InChI=1S/C18H20N2O6/c1-25-11-3-10-20-17(23)15(16(22)19-18(20)24)14(21)9-6-12-4-7-13(26-2)8-5-12/h4-9,15H,3,10-11H2,1-2H3,(H,19,22,24)/b9-6+/t15-/m1/s1. The predicted octanol–water partition coefficient (Wildman–Crippen LogP) is 1.01. The number of nitrogens with one attached hydrogen (secondary N) is 1. The lowest BCUT2D eigenvalue weighted by atomic mass is 9.98. The van der Waals surface area contributed by atoms with Crippen molar-refractivity contribution in [2.75, 3.05) is 27.4 Å². The summed E-state index contributed by atoms with van der Waals surface area (Å²) in [6, 6.07) is 6.08. The molecule has 2 rings (SSSR count). The second-order valence-corrected chi connectivity index (χ2v) is 5.57. The van der Waals surface area contributed by atoms with Crippen molar-refractivity contribution in [3.63, 3.8) is 0 Å². The summed E-state index contributed by atoms with van der Waals surface area (Å²) < 4.78 is 9.92. The van der Waals surface area contributed by atoms with Gasteiger partial charge in [-0.1, -0.05) is 18.2 Å². The highest BCUT2D eigenvalue weighted by atomic mass is 16.5. The molecule has 8 nitrogen and oxygen atoms in total. The monoisotopic (exact) mass is 360 g/mol. The van der Waals surface area contributed by atoms with E-state index in [-0.39, 0.29) is 6.54 Å². The van der Waals surface area contributed by atoms with E-state index in [9.17, 15) is 19.2 Å². The van der Waals surface area contributed by atoms with Crippen LogP contribution in [0.2, 0.25) is 0 Å². The molecule has 0 spiro atoms. The highest BCUT2D eigenvalue weighted by Crippen LogP contribution is 2.15. The Morgan fingerprint density at radius 3 is 2.50 bits per heavy atom. The third kappa shape index (κ3) is 4.54. The highest BCUT2D eigenvalue weighted by Gasteiger charge is 2.43. The van der Waals surface area contributed by atoms with Crippen LogP contribution in [0.4, 0.5) is 4.79 Å². The number of carbonyl (C=O) groups excluding carboxylic acids is 4. The Balaban J connectivity index is 2.09. The first-order valence-corrected chi connectivity index (χ1v) is 7.99. The maximum absolute atomic E-state index is 12.4. The van der Waals surface area contributed by atoms with Gasteiger partial charge >= 0.3 is 6.03 Å². The Bertz CT molecular complexity index is 726. The van der Waals surface area contributed by atoms with Gasteiger partial charge in [0.25, 0.3) is 5.91 Å². The average Bonchev–Trinajstić information content (AvgIpc) is 2.63. The number of nitrogens with zero attached hydrogens (tertiary/aromatic N) is 1. The summed E-state index contributed by atoms with van der Waals surface area (Å²) in [4.78, 5) is 49.4. The van der Waals surface area contributed by atoms with Gasteiger partial charge < -0.3 is 9.47 Å². The first kappa shape index (κ1) is 19.3. The number of imide groups is 2. The molecule has 0 radical (unpaired) electrons. The Labute approximate surface area is 150 Å². The molecule has 1 heterocycles. The van der Waals surface area contributed by atoms with Gasteiger partial charge in [-0.05, 0) is 30.2 Å². The number of benzene rings is 1. The molecular weight excluding hydrogens is 340 g/mol. The molecule has 0 aliphatic carbocycles. The number of amides is 4. The number of ketones is 1. The van der Waals surface area contributed by atoms with Crippen molar-refractivity contribution in [2.24, 2.45) is 5.92 Å². The number of barbiturate groups is 1. The number of hydrogen-bond acceptors (Lipinski definition) is 6. The molecule has 26 heavy (non-hydrogen) atoms. The number of rotatable bonds is 8. The fraction of sp³-hybridized carbons (Fsp3) is 0.333. The van der Waals surface area contributed by atoms with Crippen molar-refractivity contribution in [1.29, 1.82) is 0 Å². The maximum Gasteiger partial charge on any atom is 0.330 e. The number of ether oxygens (including phenoxy) is 2. The normalized spacial score (nSPS) is 17.5. The molecule has 1 fully saturated rings. The van der Waals surface area contributed by atoms with E-state index in [1.165, 1.54) is 13.2 Å². The predicted molar refractivity (Wildman–Crippen MR) is 92.3 cm³/mol. The van der Waals surface area contributed by atoms with E-state index in [4.69, 9.17) is 9.47 Å². The molecule has 1 aliphatic rings. The second kappa shape index (κ2) is 8.91. The number of urea groups is 1. The minimum absolute atomic E-state index is 0.0672. The second-order valence-electron chi connectivity index (χ2n) is 5.57. The fourth-order valence-corrected chi connectivity index (χ4v) is 2.43. The molecule has 1 aliphatic heterocycles. The van der Waals surface area contributed by atoms with E-state index in [1.807, 2.05) is 5.32 Å². The lowest BCUT2D eigenvalue weighted by molar-refractivity contribution is -0.146. The van der Waals surface area contributed by atoms with Gasteiger partial charge in [0.15, 0.2) is 11.7 Å². The van der Waals surface area contributed by atoms with Gasteiger partial charge in [-0.15, -0.1) is 0 Å². The van der Waals surface area contributed by atoms with Crippen LogP contribution in [0.3, 0.4) is 0 Å². The summed E-state index contributed by atoms with van der Waals surface area (Å²) in [5.41, 5.74) is 0.704. The average molecular weight is 360 g/mol. The smallest absolute Gasteiger partial charge is 0.330 e. The van der Waals surface area contributed by atoms with Crippen LogP contribution in [0.25, 0.3) is 6.08 Å². The van der Waals surface area contributed by atoms with Crippen LogP contribution in [-0.4, -0.2) is 55.9 Å². The molecule has 138 valence electrons. The molecular formula is C18H20N2O6. The molecule has 1 N–H and O–H groups in total. The van der Waals surface area contributed by atoms with Crippen molar-refractivity contribution in [3.05, 3.63) is 35.9 Å². The quantitative estimate of drug-likeness (QED) is 0.422. The summed E-state index contributed by atoms with van der Waals surface area (Å²) >= 11 is 0. The zero-order valence-electron chi connectivity index (χ0n) is 14.6. The number of allylic oxidation sites excluding steroid dienone is 1. The van der Waals surface area contributed by atoms with Crippen LogP contribution in [0, 0.1) is 5.92 Å². The fourth-order valence-electron chi connectivity index (χ4n) is 2.43. The third-order valence-electron chi connectivity index (χ3n) is 3.82. The first-order valence-electron chi connectivity index (χ1n) is 7.99. The van der Waals surface area contributed by atoms with Gasteiger partial charge in [0.2, 0.25) is 5.91 Å². The van der Waals surface area contributed by atoms with Gasteiger partial charge in [-0.2, -0.15) is 0 Å². The Morgan fingerprint density at radius 1 is 1.19 bits per heavy atom. The van der Waals surface area contributed by atoms with Crippen molar-refractivity contribution in [1.82, 2.24) is 10.2 Å². The Hall–Kier alpha value is -3.00. The SMILES string of the molecule is COCCCN1C(=O)NC(=O)[C@@H](C(=O)/C=C/c2ccc(OC)cc2)C1=O. The molecule has 8 heteroatoms. The lowest BCUT2D eigenvalue weighted by Crippen LogP contribution is -2.59. The molecule has 1 aromatic carbocycles. The molecule has 1 aromatic rings. The zero-order valence-corrected chi connectivity index (χ0v) is 14.6. The summed E-state index contributed by atoms with van der Waals surface area (Å²) in [7, 11) is 3.04. The van der Waals surface area contributed by atoms with E-state index in [1.54, 1.807) is 31.4 Å². The van der Waals surface area contributed by atoms with E-state index < -0.39 is 29.5 Å². The highest BCUT2D eigenvalue weighted by molar-refractivity contribution is 6.28. The Morgan fingerprint density at radius 2 is 1.88 bits per heavy atom. The van der Waals surface area contributed by atoms with E-state index >= 15 is 0 Å². The van der Waals surface area contributed by atoms with E-state index in [0.29, 0.717) is 24.3 Å². The topological polar surface area (TPSA) is 102 Å².